The predicted octanol–water partition coefficient (Wildman–Crippen LogP) is 2.65. The third-order valence-electron chi connectivity index (χ3n) is 1.56. The molecule has 1 rings (SSSR count). The van der Waals surface area contributed by atoms with Gasteiger partial charge in [-0.2, -0.15) is 0 Å². The van der Waals surface area contributed by atoms with Crippen LogP contribution in [-0.2, 0) is 9.53 Å². The Bertz CT molecular complexity index is 312. The van der Waals surface area contributed by atoms with Gasteiger partial charge in [-0.05, 0) is 25.5 Å². The number of ether oxygens (including phenoxy) is 1. The quantitative estimate of drug-likeness (QED) is 0.541. The molecular formula is C12H14O2. The lowest BCUT2D eigenvalue weighted by Crippen LogP contribution is -2.08. The smallest absolute Gasteiger partial charge is 0.331 e. The maximum atomic E-state index is 11.1. The highest BCUT2D eigenvalue weighted by atomic mass is 16.5. The molecular weight excluding hydrogens is 176 g/mol. The molecule has 0 heterocycles. The van der Waals surface area contributed by atoms with E-state index in [0.29, 0.717) is 0 Å². The van der Waals surface area contributed by atoms with Crippen LogP contribution in [-0.4, -0.2) is 12.1 Å². The Hall–Kier alpha value is -1.57. The van der Waals surface area contributed by atoms with Crippen molar-refractivity contribution >= 4 is 12.0 Å². The second kappa shape index (κ2) is 5.22. The molecule has 2 heteroatoms. The summed E-state index contributed by atoms with van der Waals surface area (Å²) in [5.74, 6) is -0.302. The average molecular weight is 190 g/mol. The van der Waals surface area contributed by atoms with Crippen molar-refractivity contribution in [3.8, 4) is 0 Å². The van der Waals surface area contributed by atoms with Crippen LogP contribution in [0.4, 0.5) is 0 Å². The minimum atomic E-state index is -0.302. The Morgan fingerprint density at radius 2 is 1.93 bits per heavy atom. The van der Waals surface area contributed by atoms with Crippen molar-refractivity contribution < 1.29 is 9.53 Å². The van der Waals surface area contributed by atoms with Gasteiger partial charge < -0.3 is 4.74 Å². The highest BCUT2D eigenvalue weighted by Crippen LogP contribution is 2.01. The van der Waals surface area contributed by atoms with Gasteiger partial charge in [0.15, 0.2) is 0 Å². The largest absolute Gasteiger partial charge is 0.460 e. The standard InChI is InChI=1S/C12H14O2/c1-10(2)14-12(13)9-8-11-6-4-3-5-7-11/h3-10H,1-2H3. The van der Waals surface area contributed by atoms with E-state index in [0.717, 1.165) is 5.56 Å². The number of esters is 1. The van der Waals surface area contributed by atoms with Crippen LogP contribution in [0.2, 0.25) is 0 Å². The van der Waals surface area contributed by atoms with Gasteiger partial charge in [0, 0.05) is 6.08 Å². The first kappa shape index (κ1) is 10.5. The van der Waals surface area contributed by atoms with Crippen molar-refractivity contribution in [2.45, 2.75) is 20.0 Å². The molecule has 74 valence electrons. The van der Waals surface area contributed by atoms with E-state index in [1.807, 2.05) is 44.2 Å². The first-order valence-corrected chi connectivity index (χ1v) is 4.62. The summed E-state index contributed by atoms with van der Waals surface area (Å²) in [5.41, 5.74) is 0.994. The van der Waals surface area contributed by atoms with Gasteiger partial charge in [0.25, 0.3) is 0 Å². The van der Waals surface area contributed by atoms with Crippen molar-refractivity contribution in [1.82, 2.24) is 0 Å². The molecule has 0 saturated carbocycles. The van der Waals surface area contributed by atoms with Crippen LogP contribution in [0.25, 0.3) is 6.08 Å². The van der Waals surface area contributed by atoms with Crippen molar-refractivity contribution in [2.24, 2.45) is 0 Å². The molecule has 0 aliphatic heterocycles. The summed E-state index contributed by atoms with van der Waals surface area (Å²) < 4.78 is 4.95. The van der Waals surface area contributed by atoms with E-state index in [4.69, 9.17) is 4.74 Å². The zero-order valence-electron chi connectivity index (χ0n) is 8.44. The average Bonchev–Trinajstić information content (AvgIpc) is 2.15. The van der Waals surface area contributed by atoms with Gasteiger partial charge in [0.2, 0.25) is 0 Å². The molecule has 0 N–H and O–H groups in total. The predicted molar refractivity (Wildman–Crippen MR) is 56.7 cm³/mol. The van der Waals surface area contributed by atoms with Gasteiger partial charge in [-0.15, -0.1) is 0 Å². The fraction of sp³-hybridized carbons (Fsp3) is 0.250. The van der Waals surface area contributed by atoms with E-state index in [1.54, 1.807) is 6.08 Å². The molecule has 0 fully saturated rings. The second-order valence-electron chi connectivity index (χ2n) is 3.23. The summed E-state index contributed by atoms with van der Waals surface area (Å²) >= 11 is 0. The Morgan fingerprint density at radius 1 is 1.29 bits per heavy atom. The summed E-state index contributed by atoms with van der Waals surface area (Å²) in [6.45, 7) is 3.66. The van der Waals surface area contributed by atoms with E-state index in [2.05, 4.69) is 0 Å². The number of benzene rings is 1. The molecule has 0 atom stereocenters. The lowest BCUT2D eigenvalue weighted by atomic mass is 10.2. The molecule has 0 radical (unpaired) electrons. The fourth-order valence-corrected chi connectivity index (χ4v) is 1.00. The van der Waals surface area contributed by atoms with E-state index < -0.39 is 0 Å². The van der Waals surface area contributed by atoms with Crippen molar-refractivity contribution in [1.29, 1.82) is 0 Å². The van der Waals surface area contributed by atoms with Crippen molar-refractivity contribution in [3.05, 3.63) is 42.0 Å². The van der Waals surface area contributed by atoms with E-state index in [9.17, 15) is 4.79 Å². The van der Waals surface area contributed by atoms with Crippen molar-refractivity contribution in [3.63, 3.8) is 0 Å². The van der Waals surface area contributed by atoms with Crippen LogP contribution in [0.15, 0.2) is 36.4 Å². The molecule has 0 aliphatic rings. The highest BCUT2D eigenvalue weighted by molar-refractivity contribution is 5.87. The molecule has 1 aromatic rings. The van der Waals surface area contributed by atoms with Crippen LogP contribution in [0.3, 0.4) is 0 Å². The first-order valence-electron chi connectivity index (χ1n) is 4.62. The molecule has 0 spiro atoms. The minimum Gasteiger partial charge on any atom is -0.460 e. The maximum Gasteiger partial charge on any atom is 0.331 e. The van der Waals surface area contributed by atoms with Crippen molar-refractivity contribution in [2.75, 3.05) is 0 Å². The molecule has 1 aromatic carbocycles. The topological polar surface area (TPSA) is 26.3 Å². The zero-order valence-corrected chi connectivity index (χ0v) is 8.44. The zero-order chi connectivity index (χ0) is 10.4. The SMILES string of the molecule is CC(C)OC(=O)C=Cc1ccccc1. The van der Waals surface area contributed by atoms with Gasteiger partial charge in [0.1, 0.15) is 0 Å². The summed E-state index contributed by atoms with van der Waals surface area (Å²) in [5, 5.41) is 0. The monoisotopic (exact) mass is 190 g/mol. The summed E-state index contributed by atoms with van der Waals surface area (Å²) in [6, 6.07) is 9.64. The van der Waals surface area contributed by atoms with Gasteiger partial charge in [-0.3, -0.25) is 0 Å². The molecule has 0 aliphatic carbocycles. The molecule has 0 amide bonds. The van der Waals surface area contributed by atoms with Crippen LogP contribution in [0, 0.1) is 0 Å². The lowest BCUT2D eigenvalue weighted by Gasteiger charge is -2.03. The third kappa shape index (κ3) is 3.90. The molecule has 2 nitrogen and oxygen atoms in total. The maximum absolute atomic E-state index is 11.1. The number of carbonyl (C=O) groups excluding carboxylic acids is 1. The van der Waals surface area contributed by atoms with E-state index in [-0.39, 0.29) is 12.1 Å². The summed E-state index contributed by atoms with van der Waals surface area (Å²) in [6.07, 6.45) is 3.11. The van der Waals surface area contributed by atoms with Crippen LogP contribution < -0.4 is 0 Å². The number of hydrogen-bond donors (Lipinski definition) is 0. The normalized spacial score (nSPS) is 10.8. The number of rotatable bonds is 3. The van der Waals surface area contributed by atoms with Gasteiger partial charge >= 0.3 is 5.97 Å². The third-order valence-corrected chi connectivity index (χ3v) is 1.56. The summed E-state index contributed by atoms with van der Waals surface area (Å²) in [7, 11) is 0. The Kier molecular flexibility index (Phi) is 3.92. The number of hydrogen-bond acceptors (Lipinski definition) is 2. The number of carbonyl (C=O) groups is 1. The Morgan fingerprint density at radius 3 is 2.50 bits per heavy atom. The van der Waals surface area contributed by atoms with Crippen LogP contribution in [0.5, 0.6) is 0 Å². The lowest BCUT2D eigenvalue weighted by molar-refractivity contribution is -0.141. The van der Waals surface area contributed by atoms with E-state index in [1.165, 1.54) is 6.08 Å². The van der Waals surface area contributed by atoms with Crippen LogP contribution in [0.1, 0.15) is 19.4 Å². The molecule has 0 unspecified atom stereocenters. The molecule has 0 saturated heterocycles. The fourth-order valence-electron chi connectivity index (χ4n) is 1.00. The Labute approximate surface area is 84.2 Å². The first-order chi connectivity index (χ1) is 6.68. The second-order valence-corrected chi connectivity index (χ2v) is 3.23. The molecule has 0 aromatic heterocycles. The van der Waals surface area contributed by atoms with Gasteiger partial charge in [0.05, 0.1) is 6.10 Å². The summed E-state index contributed by atoms with van der Waals surface area (Å²) in [4.78, 5) is 11.1. The molecule has 14 heavy (non-hydrogen) atoms. The Balaban J connectivity index is 2.52. The van der Waals surface area contributed by atoms with E-state index >= 15 is 0 Å². The minimum absolute atomic E-state index is 0.0667. The highest BCUT2D eigenvalue weighted by Gasteiger charge is 1.98. The molecule has 0 bridgehead atoms. The van der Waals surface area contributed by atoms with Gasteiger partial charge in [-0.25, -0.2) is 4.79 Å². The van der Waals surface area contributed by atoms with Crippen LogP contribution >= 0.6 is 0 Å². The van der Waals surface area contributed by atoms with Gasteiger partial charge in [-0.1, -0.05) is 30.3 Å².